The molecule has 3 nitrogen and oxygen atoms in total. The number of ketones is 1. The molecule has 1 aliphatic carbocycles. The maximum absolute atomic E-state index is 11.5. The van der Waals surface area contributed by atoms with Crippen molar-refractivity contribution in [3.8, 4) is 11.8 Å². The summed E-state index contributed by atoms with van der Waals surface area (Å²) in [5.74, 6) is 1.12. The van der Waals surface area contributed by atoms with Crippen LogP contribution < -0.4 is 4.74 Å². The second-order valence-electron chi connectivity index (χ2n) is 4.84. The van der Waals surface area contributed by atoms with Gasteiger partial charge in [0.1, 0.15) is 5.75 Å². The Labute approximate surface area is 107 Å². The number of nitrogens with zero attached hydrogens (tertiary/aromatic N) is 1. The topological polar surface area (TPSA) is 50.1 Å². The Morgan fingerprint density at radius 3 is 2.78 bits per heavy atom. The van der Waals surface area contributed by atoms with Crippen LogP contribution in [0.5, 0.6) is 5.75 Å². The number of rotatable bonds is 4. The predicted octanol–water partition coefficient (Wildman–Crippen LogP) is 3.33. The van der Waals surface area contributed by atoms with Gasteiger partial charge in [-0.2, -0.15) is 5.26 Å². The summed E-state index contributed by atoms with van der Waals surface area (Å²) in [6, 6.07) is 7.05. The fourth-order valence-corrected chi connectivity index (χ4v) is 2.39. The van der Waals surface area contributed by atoms with Crippen molar-refractivity contribution < 1.29 is 9.53 Å². The third-order valence-electron chi connectivity index (χ3n) is 3.44. The summed E-state index contributed by atoms with van der Waals surface area (Å²) < 4.78 is 5.75. The van der Waals surface area contributed by atoms with Crippen LogP contribution in [0.4, 0.5) is 0 Å². The molecule has 18 heavy (non-hydrogen) atoms. The summed E-state index contributed by atoms with van der Waals surface area (Å²) in [5, 5.41) is 8.88. The first-order chi connectivity index (χ1) is 8.70. The molecule has 94 valence electrons. The number of carbonyl (C=O) groups is 1. The fraction of sp³-hybridized carbons (Fsp3) is 0.467. The van der Waals surface area contributed by atoms with Crippen molar-refractivity contribution in [3.05, 3.63) is 29.3 Å². The average molecular weight is 243 g/mol. The Balaban J connectivity index is 2.13. The number of hydrogen-bond acceptors (Lipinski definition) is 3. The van der Waals surface area contributed by atoms with E-state index in [-0.39, 0.29) is 5.78 Å². The van der Waals surface area contributed by atoms with Gasteiger partial charge in [-0.15, -0.1) is 0 Å². The lowest BCUT2D eigenvalue weighted by Gasteiger charge is -2.13. The molecule has 0 bridgehead atoms. The first-order valence-electron chi connectivity index (χ1n) is 6.38. The Hall–Kier alpha value is -1.82. The van der Waals surface area contributed by atoms with E-state index in [1.54, 1.807) is 18.2 Å². The molecular formula is C15H17NO2. The minimum Gasteiger partial charge on any atom is -0.492 e. The second kappa shape index (κ2) is 5.68. The lowest BCUT2D eigenvalue weighted by atomic mass is 10.1. The second-order valence-corrected chi connectivity index (χ2v) is 4.84. The smallest absolute Gasteiger partial charge is 0.163 e. The standard InChI is InChI=1S/C15H17NO2/c1-11(17)14-7-6-13(9-16)8-15(14)18-10-12-4-2-3-5-12/h6-8,12H,2-5,10H2,1H3. The van der Waals surface area contributed by atoms with Crippen LogP contribution in [0.25, 0.3) is 0 Å². The summed E-state index contributed by atoms with van der Waals surface area (Å²) in [7, 11) is 0. The van der Waals surface area contributed by atoms with Gasteiger partial charge in [0.25, 0.3) is 0 Å². The molecule has 2 rings (SSSR count). The van der Waals surface area contributed by atoms with Crippen molar-refractivity contribution in [1.82, 2.24) is 0 Å². The van der Waals surface area contributed by atoms with E-state index >= 15 is 0 Å². The van der Waals surface area contributed by atoms with E-state index < -0.39 is 0 Å². The van der Waals surface area contributed by atoms with Crippen molar-refractivity contribution in [1.29, 1.82) is 5.26 Å². The van der Waals surface area contributed by atoms with Crippen LogP contribution in [0.15, 0.2) is 18.2 Å². The lowest BCUT2D eigenvalue weighted by Crippen LogP contribution is -2.10. The summed E-state index contributed by atoms with van der Waals surface area (Å²) in [6.07, 6.45) is 4.94. The van der Waals surface area contributed by atoms with Gasteiger partial charge in [0, 0.05) is 0 Å². The minimum absolute atomic E-state index is 0.0269. The fourth-order valence-electron chi connectivity index (χ4n) is 2.39. The maximum atomic E-state index is 11.5. The quantitative estimate of drug-likeness (QED) is 0.762. The first kappa shape index (κ1) is 12.6. The lowest BCUT2D eigenvalue weighted by molar-refractivity contribution is 0.101. The van der Waals surface area contributed by atoms with Crippen LogP contribution in [0.2, 0.25) is 0 Å². The molecule has 0 aliphatic heterocycles. The Morgan fingerprint density at radius 2 is 2.17 bits per heavy atom. The normalized spacial score (nSPS) is 15.3. The Kier molecular flexibility index (Phi) is 3.99. The van der Waals surface area contributed by atoms with Crippen molar-refractivity contribution in [2.45, 2.75) is 32.6 Å². The molecule has 0 amide bonds. The van der Waals surface area contributed by atoms with Crippen LogP contribution in [-0.2, 0) is 0 Å². The van der Waals surface area contributed by atoms with Gasteiger partial charge >= 0.3 is 0 Å². The van der Waals surface area contributed by atoms with Crippen LogP contribution in [0.1, 0.15) is 48.5 Å². The number of hydrogen-bond donors (Lipinski definition) is 0. The number of Topliss-reactive ketones (excluding diaryl/α,β-unsaturated/α-hetero) is 1. The van der Waals surface area contributed by atoms with E-state index in [1.165, 1.54) is 32.6 Å². The summed E-state index contributed by atoms with van der Waals surface area (Å²) >= 11 is 0. The summed E-state index contributed by atoms with van der Waals surface area (Å²) in [4.78, 5) is 11.5. The molecule has 0 saturated heterocycles. The first-order valence-corrected chi connectivity index (χ1v) is 6.38. The zero-order valence-corrected chi connectivity index (χ0v) is 10.6. The highest BCUT2D eigenvalue weighted by atomic mass is 16.5. The monoisotopic (exact) mass is 243 g/mol. The maximum Gasteiger partial charge on any atom is 0.163 e. The van der Waals surface area contributed by atoms with Gasteiger partial charge in [-0.25, -0.2) is 0 Å². The van der Waals surface area contributed by atoms with Gasteiger partial charge in [0.15, 0.2) is 5.78 Å². The average Bonchev–Trinajstić information content (AvgIpc) is 2.88. The Morgan fingerprint density at radius 1 is 1.44 bits per heavy atom. The molecule has 0 N–H and O–H groups in total. The molecule has 0 aromatic heterocycles. The van der Waals surface area contributed by atoms with E-state index in [4.69, 9.17) is 10.00 Å². The molecule has 1 saturated carbocycles. The van der Waals surface area contributed by atoms with E-state index in [9.17, 15) is 4.79 Å². The summed E-state index contributed by atoms with van der Waals surface area (Å²) in [5.41, 5.74) is 1.09. The van der Waals surface area contributed by atoms with E-state index in [2.05, 4.69) is 6.07 Å². The van der Waals surface area contributed by atoms with Crippen LogP contribution in [-0.4, -0.2) is 12.4 Å². The zero-order chi connectivity index (χ0) is 13.0. The van der Waals surface area contributed by atoms with Gasteiger partial charge in [0.05, 0.1) is 23.8 Å². The van der Waals surface area contributed by atoms with Gasteiger partial charge in [-0.3, -0.25) is 4.79 Å². The molecule has 1 aromatic carbocycles. The molecular weight excluding hydrogens is 226 g/mol. The largest absolute Gasteiger partial charge is 0.492 e. The SMILES string of the molecule is CC(=O)c1ccc(C#N)cc1OCC1CCCC1. The molecule has 0 heterocycles. The molecule has 0 atom stereocenters. The molecule has 0 unspecified atom stereocenters. The van der Waals surface area contributed by atoms with Crippen molar-refractivity contribution in [2.24, 2.45) is 5.92 Å². The molecule has 1 fully saturated rings. The zero-order valence-electron chi connectivity index (χ0n) is 10.6. The third kappa shape index (κ3) is 2.89. The molecule has 1 aromatic rings. The number of nitriles is 1. The predicted molar refractivity (Wildman–Crippen MR) is 68.6 cm³/mol. The Bertz CT molecular complexity index is 482. The van der Waals surface area contributed by atoms with E-state index in [1.807, 2.05) is 0 Å². The van der Waals surface area contributed by atoms with Crippen LogP contribution in [0, 0.1) is 17.2 Å². The van der Waals surface area contributed by atoms with E-state index in [0.717, 1.165) is 0 Å². The highest BCUT2D eigenvalue weighted by molar-refractivity contribution is 5.97. The van der Waals surface area contributed by atoms with Gasteiger partial charge in [-0.05, 0) is 43.9 Å². The number of carbonyl (C=O) groups excluding carboxylic acids is 1. The van der Waals surface area contributed by atoms with Crippen LogP contribution in [0.3, 0.4) is 0 Å². The van der Waals surface area contributed by atoms with Gasteiger partial charge < -0.3 is 4.74 Å². The molecule has 0 radical (unpaired) electrons. The molecule has 0 spiro atoms. The highest BCUT2D eigenvalue weighted by Gasteiger charge is 2.17. The van der Waals surface area contributed by atoms with Crippen molar-refractivity contribution in [2.75, 3.05) is 6.61 Å². The van der Waals surface area contributed by atoms with Crippen molar-refractivity contribution in [3.63, 3.8) is 0 Å². The van der Waals surface area contributed by atoms with Gasteiger partial charge in [-0.1, -0.05) is 12.8 Å². The summed E-state index contributed by atoms with van der Waals surface area (Å²) in [6.45, 7) is 2.17. The molecule has 1 aliphatic rings. The number of ether oxygens (including phenoxy) is 1. The molecule has 3 heteroatoms. The highest BCUT2D eigenvalue weighted by Crippen LogP contribution is 2.27. The van der Waals surface area contributed by atoms with Crippen molar-refractivity contribution >= 4 is 5.78 Å². The van der Waals surface area contributed by atoms with E-state index in [0.29, 0.717) is 29.4 Å². The van der Waals surface area contributed by atoms with Gasteiger partial charge in [0.2, 0.25) is 0 Å². The third-order valence-corrected chi connectivity index (χ3v) is 3.44. The number of benzene rings is 1. The minimum atomic E-state index is -0.0269. The van der Waals surface area contributed by atoms with Crippen LogP contribution >= 0.6 is 0 Å².